The molecule has 0 saturated carbocycles. The normalized spacial score (nSPS) is 14.7. The number of hydrogen-bond donors (Lipinski definition) is 5. The zero-order valence-corrected chi connectivity index (χ0v) is 18.9. The van der Waals surface area contributed by atoms with Gasteiger partial charge in [-0.15, -0.1) is 0 Å². The lowest BCUT2D eigenvalue weighted by molar-refractivity contribution is -0.151. The number of carboxylic acids is 1. The van der Waals surface area contributed by atoms with Crippen LogP contribution in [0.25, 0.3) is 0 Å². The number of nitrogens with two attached hydrogens (primary N) is 2. The Morgan fingerprint density at radius 3 is 2.32 bits per heavy atom. The summed E-state index contributed by atoms with van der Waals surface area (Å²) in [4.78, 5) is 16.4. The number of aliphatic imine (C=N–C) groups is 1. The van der Waals surface area contributed by atoms with E-state index in [1.165, 1.54) is 12.1 Å². The number of unbranched alkanes of at least 4 members (excludes halogenated alkanes) is 1. The Bertz CT molecular complexity index is 840. The zero-order valence-electron chi connectivity index (χ0n) is 18.1. The van der Waals surface area contributed by atoms with Gasteiger partial charge in [0.2, 0.25) is 10.0 Å². The van der Waals surface area contributed by atoms with Gasteiger partial charge in [0.05, 0.1) is 17.6 Å². The minimum atomic E-state index is -4.23. The SMILES string of the molecule is CCCCN([C@](CCCN=C(N)N)(CC(O)CO)C(=O)O)S(=O)(=O)c1ccc(C)cc1. The number of benzene rings is 1. The number of rotatable bonds is 14. The molecule has 7 N–H and O–H groups in total. The first-order valence-corrected chi connectivity index (χ1v) is 11.6. The number of carbonyl (C=O) groups is 1. The maximum Gasteiger partial charge on any atom is 0.325 e. The van der Waals surface area contributed by atoms with Crippen LogP contribution in [0.4, 0.5) is 0 Å². The maximum absolute atomic E-state index is 13.6. The van der Waals surface area contributed by atoms with Crippen molar-refractivity contribution in [3.05, 3.63) is 29.8 Å². The molecule has 31 heavy (non-hydrogen) atoms. The number of aliphatic hydroxyl groups is 2. The highest BCUT2D eigenvalue weighted by Crippen LogP contribution is 2.34. The molecule has 1 unspecified atom stereocenters. The van der Waals surface area contributed by atoms with E-state index in [-0.39, 0.29) is 36.8 Å². The Balaban J connectivity index is 3.56. The van der Waals surface area contributed by atoms with Gasteiger partial charge in [0.25, 0.3) is 0 Å². The summed E-state index contributed by atoms with van der Waals surface area (Å²) in [7, 11) is -4.23. The van der Waals surface area contributed by atoms with Gasteiger partial charge in [-0.2, -0.15) is 4.31 Å². The Kier molecular flexibility index (Phi) is 10.4. The van der Waals surface area contributed by atoms with Gasteiger partial charge in [-0.3, -0.25) is 9.79 Å². The van der Waals surface area contributed by atoms with Gasteiger partial charge in [0, 0.05) is 19.5 Å². The lowest BCUT2D eigenvalue weighted by Crippen LogP contribution is -2.59. The van der Waals surface area contributed by atoms with Crippen molar-refractivity contribution in [1.82, 2.24) is 4.31 Å². The Labute approximate surface area is 183 Å². The number of aryl methyl sites for hydroxylation is 1. The summed E-state index contributed by atoms with van der Waals surface area (Å²) < 4.78 is 28.1. The Hall–Kier alpha value is -2.21. The van der Waals surface area contributed by atoms with E-state index in [1.54, 1.807) is 12.1 Å². The second kappa shape index (κ2) is 12.0. The first-order chi connectivity index (χ1) is 14.5. The quantitative estimate of drug-likeness (QED) is 0.151. The van der Waals surface area contributed by atoms with E-state index >= 15 is 0 Å². The minimum Gasteiger partial charge on any atom is -0.480 e. The molecule has 0 aliphatic heterocycles. The van der Waals surface area contributed by atoms with E-state index in [9.17, 15) is 28.5 Å². The predicted molar refractivity (Wildman–Crippen MR) is 118 cm³/mol. The van der Waals surface area contributed by atoms with Gasteiger partial charge in [-0.1, -0.05) is 31.0 Å². The average Bonchev–Trinajstić information content (AvgIpc) is 2.70. The highest BCUT2D eigenvalue weighted by molar-refractivity contribution is 7.89. The monoisotopic (exact) mass is 458 g/mol. The van der Waals surface area contributed by atoms with Crippen molar-refractivity contribution in [2.75, 3.05) is 19.7 Å². The largest absolute Gasteiger partial charge is 0.480 e. The molecular formula is C20H34N4O6S. The van der Waals surface area contributed by atoms with Crippen LogP contribution >= 0.6 is 0 Å². The summed E-state index contributed by atoms with van der Waals surface area (Å²) in [5.74, 6) is -1.57. The molecule has 11 heteroatoms. The third kappa shape index (κ3) is 7.17. The summed E-state index contributed by atoms with van der Waals surface area (Å²) in [5.41, 5.74) is 9.51. The molecule has 1 aromatic rings. The van der Waals surface area contributed by atoms with Crippen LogP contribution in [0.15, 0.2) is 34.2 Å². The van der Waals surface area contributed by atoms with Crippen LogP contribution in [0.3, 0.4) is 0 Å². The van der Waals surface area contributed by atoms with Crippen molar-refractivity contribution in [2.45, 2.75) is 62.5 Å². The van der Waals surface area contributed by atoms with Crippen molar-refractivity contribution in [2.24, 2.45) is 16.5 Å². The smallest absolute Gasteiger partial charge is 0.325 e. The third-order valence-electron chi connectivity index (χ3n) is 5.03. The summed E-state index contributed by atoms with van der Waals surface area (Å²) in [6, 6.07) is 6.12. The van der Waals surface area contributed by atoms with Crippen molar-refractivity contribution in [3.63, 3.8) is 0 Å². The molecule has 0 aliphatic rings. The number of guanidine groups is 1. The Morgan fingerprint density at radius 1 is 1.23 bits per heavy atom. The summed E-state index contributed by atoms with van der Waals surface area (Å²) in [6.07, 6.45) is -0.832. The van der Waals surface area contributed by atoms with E-state index in [4.69, 9.17) is 11.5 Å². The summed E-state index contributed by atoms with van der Waals surface area (Å²) in [5, 5.41) is 29.7. The molecule has 0 aromatic heterocycles. The number of carboxylic acid groups (broad SMARTS) is 1. The van der Waals surface area contributed by atoms with Gasteiger partial charge < -0.3 is 26.8 Å². The molecule has 0 aliphatic carbocycles. The second-order valence-electron chi connectivity index (χ2n) is 7.53. The van der Waals surface area contributed by atoms with Crippen LogP contribution in [0, 0.1) is 6.92 Å². The van der Waals surface area contributed by atoms with Crippen molar-refractivity contribution >= 4 is 22.0 Å². The molecule has 2 atom stereocenters. The van der Waals surface area contributed by atoms with Crippen LogP contribution in [0.5, 0.6) is 0 Å². The van der Waals surface area contributed by atoms with Crippen LogP contribution in [-0.2, 0) is 14.8 Å². The molecule has 0 bridgehead atoms. The molecule has 0 fully saturated rings. The molecule has 0 saturated heterocycles. The molecule has 0 radical (unpaired) electrons. The van der Waals surface area contributed by atoms with E-state index in [2.05, 4.69) is 4.99 Å². The van der Waals surface area contributed by atoms with Crippen molar-refractivity contribution in [3.8, 4) is 0 Å². The molecule has 0 spiro atoms. The van der Waals surface area contributed by atoms with Gasteiger partial charge in [-0.25, -0.2) is 8.42 Å². The lowest BCUT2D eigenvalue weighted by atomic mass is 9.86. The number of aliphatic hydroxyl groups excluding tert-OH is 2. The van der Waals surface area contributed by atoms with Crippen LogP contribution in [0.2, 0.25) is 0 Å². The van der Waals surface area contributed by atoms with Crippen LogP contribution < -0.4 is 11.5 Å². The van der Waals surface area contributed by atoms with Gasteiger partial charge in [-0.05, 0) is 38.3 Å². The second-order valence-corrected chi connectivity index (χ2v) is 9.39. The minimum absolute atomic E-state index is 0.0393. The molecular weight excluding hydrogens is 424 g/mol. The summed E-state index contributed by atoms with van der Waals surface area (Å²) >= 11 is 0. The molecule has 1 aromatic carbocycles. The van der Waals surface area contributed by atoms with Gasteiger partial charge in [0.15, 0.2) is 5.96 Å². The van der Waals surface area contributed by atoms with Crippen LogP contribution in [-0.4, -0.2) is 71.3 Å². The highest BCUT2D eigenvalue weighted by Gasteiger charge is 2.50. The highest BCUT2D eigenvalue weighted by atomic mass is 32.2. The Morgan fingerprint density at radius 2 is 1.84 bits per heavy atom. The fourth-order valence-electron chi connectivity index (χ4n) is 3.37. The van der Waals surface area contributed by atoms with Gasteiger partial charge >= 0.3 is 5.97 Å². The fraction of sp³-hybridized carbons (Fsp3) is 0.600. The first kappa shape index (κ1) is 26.8. The van der Waals surface area contributed by atoms with Crippen molar-refractivity contribution < 1.29 is 28.5 Å². The number of nitrogens with zero attached hydrogens (tertiary/aromatic N) is 2. The van der Waals surface area contributed by atoms with E-state index < -0.39 is 40.7 Å². The zero-order chi connectivity index (χ0) is 23.7. The molecule has 0 heterocycles. The predicted octanol–water partition coefficient (Wildman–Crippen LogP) is 0.406. The van der Waals surface area contributed by atoms with E-state index in [0.717, 1.165) is 9.87 Å². The first-order valence-electron chi connectivity index (χ1n) is 10.2. The average molecular weight is 459 g/mol. The van der Waals surface area contributed by atoms with Crippen LogP contribution in [0.1, 0.15) is 44.6 Å². The molecule has 0 amide bonds. The third-order valence-corrected chi connectivity index (χ3v) is 7.01. The fourth-order valence-corrected chi connectivity index (χ4v) is 5.17. The van der Waals surface area contributed by atoms with Crippen molar-refractivity contribution in [1.29, 1.82) is 0 Å². The molecule has 1 rings (SSSR count). The maximum atomic E-state index is 13.6. The standard InChI is InChI=1S/C20H34N4O6S/c1-3-4-12-24(31(29,30)17-8-6-15(2)7-9-17)20(18(27)28,13-16(26)14-25)10-5-11-23-19(21)22/h6-9,16,25-26H,3-5,10-14H2,1-2H3,(H,27,28)(H4,21,22,23)/t16?,20-/m1/s1. The lowest BCUT2D eigenvalue weighted by Gasteiger charge is -2.41. The number of sulfonamides is 1. The number of aliphatic carboxylic acids is 1. The number of hydrogen-bond acceptors (Lipinski definition) is 6. The molecule has 176 valence electrons. The van der Waals surface area contributed by atoms with E-state index in [0.29, 0.717) is 12.8 Å². The van der Waals surface area contributed by atoms with Gasteiger partial charge in [0.1, 0.15) is 5.54 Å². The molecule has 10 nitrogen and oxygen atoms in total. The topological polar surface area (TPSA) is 180 Å². The summed E-state index contributed by atoms with van der Waals surface area (Å²) in [6.45, 7) is 3.02. The van der Waals surface area contributed by atoms with E-state index in [1.807, 2.05) is 13.8 Å².